The first kappa shape index (κ1) is 21.6. The molecule has 0 bridgehead atoms. The number of nitrogens with one attached hydrogen (secondary N) is 1. The van der Waals surface area contributed by atoms with Gasteiger partial charge in [-0.3, -0.25) is 25.0 Å². The van der Waals surface area contributed by atoms with Crippen LogP contribution in [0.4, 0.5) is 11.4 Å². The molecule has 1 amide bonds. The zero-order valence-corrected chi connectivity index (χ0v) is 17.2. The van der Waals surface area contributed by atoms with Gasteiger partial charge in [-0.1, -0.05) is 34.1 Å². The molecule has 0 unspecified atom stereocenters. The van der Waals surface area contributed by atoms with E-state index in [9.17, 15) is 25.0 Å². The summed E-state index contributed by atoms with van der Waals surface area (Å²) in [5.41, 5.74) is 2.43. The molecule has 0 aromatic heterocycles. The molecule has 10 nitrogen and oxygen atoms in total. The number of ether oxygens (including phenoxy) is 1. The highest BCUT2D eigenvalue weighted by atomic mass is 79.9. The van der Waals surface area contributed by atoms with Crippen LogP contribution >= 0.6 is 15.9 Å². The molecule has 1 N–H and O–H groups in total. The highest BCUT2D eigenvalue weighted by Gasteiger charge is 2.21. The monoisotopic (exact) mass is 484 g/mol. The van der Waals surface area contributed by atoms with Crippen LogP contribution in [-0.2, 0) is 0 Å². The Bertz CT molecular complexity index is 1200. The molecule has 0 saturated heterocycles. The summed E-state index contributed by atoms with van der Waals surface area (Å²) in [5.74, 6) is -0.293. The number of benzene rings is 3. The second kappa shape index (κ2) is 9.59. The normalized spacial score (nSPS) is 10.6. The van der Waals surface area contributed by atoms with Gasteiger partial charge >= 0.3 is 5.69 Å². The smallest absolute Gasteiger partial charge is 0.318 e. The predicted octanol–water partition coefficient (Wildman–Crippen LogP) is 4.82. The fraction of sp³-hybridized carbons (Fsp3) is 0. The van der Waals surface area contributed by atoms with Gasteiger partial charge in [0, 0.05) is 16.1 Å². The first-order valence-electron chi connectivity index (χ1n) is 8.63. The molecular formula is C20H13BrN4O6. The average Bonchev–Trinajstić information content (AvgIpc) is 2.74. The Kier molecular flexibility index (Phi) is 6.67. The fourth-order valence-corrected chi connectivity index (χ4v) is 2.89. The Morgan fingerprint density at radius 2 is 1.77 bits per heavy atom. The molecule has 0 saturated carbocycles. The van der Waals surface area contributed by atoms with Crippen LogP contribution in [0.25, 0.3) is 0 Å². The van der Waals surface area contributed by atoms with Crippen molar-refractivity contribution in [3.63, 3.8) is 0 Å². The molecule has 0 radical (unpaired) electrons. The van der Waals surface area contributed by atoms with Crippen LogP contribution < -0.4 is 10.2 Å². The lowest BCUT2D eigenvalue weighted by atomic mass is 10.2. The molecule has 11 heteroatoms. The maximum Gasteiger partial charge on any atom is 0.318 e. The number of hydrogen-bond acceptors (Lipinski definition) is 7. The fourth-order valence-electron chi connectivity index (χ4n) is 2.49. The second-order valence-electron chi connectivity index (χ2n) is 6.05. The molecule has 0 atom stereocenters. The third-order valence-electron chi connectivity index (χ3n) is 3.90. The summed E-state index contributed by atoms with van der Waals surface area (Å²) in [5, 5.41) is 26.0. The van der Waals surface area contributed by atoms with E-state index in [-0.39, 0.29) is 11.5 Å². The number of carbonyl (C=O) groups is 1. The molecule has 0 spiro atoms. The molecule has 3 aromatic rings. The summed E-state index contributed by atoms with van der Waals surface area (Å²) in [6.07, 6.45) is 1.38. The number of amides is 1. The molecule has 0 aliphatic rings. The van der Waals surface area contributed by atoms with Gasteiger partial charge in [0.15, 0.2) is 0 Å². The predicted molar refractivity (Wildman–Crippen MR) is 115 cm³/mol. The zero-order chi connectivity index (χ0) is 22.4. The number of nitro groups is 2. The van der Waals surface area contributed by atoms with Crippen LogP contribution in [0.2, 0.25) is 0 Å². The van der Waals surface area contributed by atoms with Crippen LogP contribution in [-0.4, -0.2) is 22.0 Å². The summed E-state index contributed by atoms with van der Waals surface area (Å²) in [4.78, 5) is 32.7. The van der Waals surface area contributed by atoms with Gasteiger partial charge in [-0.25, -0.2) is 5.43 Å². The highest BCUT2D eigenvalue weighted by Crippen LogP contribution is 2.34. The number of nitrogens with zero attached hydrogens (tertiary/aromatic N) is 3. The summed E-state index contributed by atoms with van der Waals surface area (Å²) >= 11 is 3.29. The van der Waals surface area contributed by atoms with Crippen molar-refractivity contribution in [2.24, 2.45) is 5.10 Å². The van der Waals surface area contributed by atoms with Gasteiger partial charge in [0.05, 0.1) is 22.1 Å². The molecule has 3 rings (SSSR count). The zero-order valence-electron chi connectivity index (χ0n) is 15.6. The molecule has 0 fully saturated rings. The quantitative estimate of drug-likeness (QED) is 0.289. The SMILES string of the molecule is O=C(N/N=C/c1cccc(Oc2ccc([N+](=O)[O-])cc2[N+](=O)[O-])c1)c1cccc(Br)c1. The van der Waals surface area contributed by atoms with Crippen molar-refractivity contribution in [3.05, 3.63) is 103 Å². The minimum absolute atomic E-state index is 0.146. The molecule has 31 heavy (non-hydrogen) atoms. The number of non-ortho nitro benzene ring substituents is 1. The van der Waals surface area contributed by atoms with Crippen LogP contribution in [0.3, 0.4) is 0 Å². The Morgan fingerprint density at radius 1 is 1.00 bits per heavy atom. The van der Waals surface area contributed by atoms with E-state index in [0.717, 1.165) is 22.7 Å². The number of hydrogen-bond donors (Lipinski definition) is 1. The van der Waals surface area contributed by atoms with Gasteiger partial charge in [-0.15, -0.1) is 0 Å². The van der Waals surface area contributed by atoms with Crippen molar-refractivity contribution in [2.45, 2.75) is 0 Å². The van der Waals surface area contributed by atoms with E-state index in [1.807, 2.05) is 0 Å². The number of halogens is 1. The Morgan fingerprint density at radius 3 is 2.48 bits per heavy atom. The molecule has 0 heterocycles. The molecule has 0 aliphatic heterocycles. The Balaban J connectivity index is 1.73. The molecule has 156 valence electrons. The largest absolute Gasteiger partial charge is 0.450 e. The minimum atomic E-state index is -0.759. The van der Waals surface area contributed by atoms with Crippen LogP contribution in [0.5, 0.6) is 11.5 Å². The minimum Gasteiger partial charge on any atom is -0.450 e. The van der Waals surface area contributed by atoms with E-state index in [1.165, 1.54) is 6.21 Å². The second-order valence-corrected chi connectivity index (χ2v) is 6.97. The lowest BCUT2D eigenvalue weighted by Gasteiger charge is -2.07. The first-order chi connectivity index (χ1) is 14.8. The van der Waals surface area contributed by atoms with Gasteiger partial charge in [0.1, 0.15) is 5.75 Å². The van der Waals surface area contributed by atoms with Crippen molar-refractivity contribution in [1.82, 2.24) is 5.43 Å². The number of nitro benzene ring substituents is 2. The number of rotatable bonds is 7. The van der Waals surface area contributed by atoms with Gasteiger partial charge in [-0.05, 0) is 42.0 Å². The van der Waals surface area contributed by atoms with Crippen LogP contribution in [0, 0.1) is 20.2 Å². The summed E-state index contributed by atoms with van der Waals surface area (Å²) in [6.45, 7) is 0. The van der Waals surface area contributed by atoms with Gasteiger partial charge in [-0.2, -0.15) is 5.10 Å². The topological polar surface area (TPSA) is 137 Å². The Labute approximate surface area is 183 Å². The van der Waals surface area contributed by atoms with E-state index in [4.69, 9.17) is 4.74 Å². The van der Waals surface area contributed by atoms with Gasteiger partial charge in [0.25, 0.3) is 11.6 Å². The molecule has 3 aromatic carbocycles. The van der Waals surface area contributed by atoms with Crippen molar-refractivity contribution in [1.29, 1.82) is 0 Å². The van der Waals surface area contributed by atoms with Gasteiger partial charge in [0.2, 0.25) is 5.75 Å². The maximum atomic E-state index is 12.1. The van der Waals surface area contributed by atoms with E-state index < -0.39 is 27.1 Å². The van der Waals surface area contributed by atoms with Crippen molar-refractivity contribution in [3.8, 4) is 11.5 Å². The summed E-state index contributed by atoms with van der Waals surface area (Å²) in [7, 11) is 0. The molecular weight excluding hydrogens is 472 g/mol. The van der Waals surface area contributed by atoms with Crippen molar-refractivity contribution < 1.29 is 19.4 Å². The van der Waals surface area contributed by atoms with Gasteiger partial charge < -0.3 is 4.74 Å². The summed E-state index contributed by atoms with van der Waals surface area (Å²) in [6, 6.07) is 16.3. The number of carbonyl (C=O) groups excluding carboxylic acids is 1. The lowest BCUT2D eigenvalue weighted by molar-refractivity contribution is -0.394. The lowest BCUT2D eigenvalue weighted by Crippen LogP contribution is -2.17. The molecule has 0 aliphatic carbocycles. The van der Waals surface area contributed by atoms with Crippen LogP contribution in [0.15, 0.2) is 76.3 Å². The number of hydrazone groups is 1. The summed E-state index contributed by atoms with van der Waals surface area (Å²) < 4.78 is 6.30. The Hall–Kier alpha value is -4.12. The third-order valence-corrected chi connectivity index (χ3v) is 4.40. The standard InChI is InChI=1S/C20H13BrN4O6/c21-15-5-2-4-14(10-15)20(26)23-22-12-13-3-1-6-17(9-13)31-19-8-7-16(24(27)28)11-18(19)25(29)30/h1-12H,(H,23,26)/b22-12+. The highest BCUT2D eigenvalue weighted by molar-refractivity contribution is 9.10. The first-order valence-corrected chi connectivity index (χ1v) is 9.42. The van der Waals surface area contributed by atoms with Crippen molar-refractivity contribution in [2.75, 3.05) is 0 Å². The van der Waals surface area contributed by atoms with E-state index in [2.05, 4.69) is 26.5 Å². The maximum absolute atomic E-state index is 12.1. The van der Waals surface area contributed by atoms with E-state index in [0.29, 0.717) is 11.1 Å². The third kappa shape index (κ3) is 5.70. The average molecular weight is 485 g/mol. The van der Waals surface area contributed by atoms with E-state index >= 15 is 0 Å². The van der Waals surface area contributed by atoms with Crippen LogP contribution in [0.1, 0.15) is 15.9 Å². The van der Waals surface area contributed by atoms with E-state index in [1.54, 1.807) is 48.5 Å². The van der Waals surface area contributed by atoms with Crippen molar-refractivity contribution >= 4 is 39.4 Å².